The number of carbonyl (C=O) groups is 1. The minimum Gasteiger partial charge on any atom is -0.451 e. The molecule has 0 spiro atoms. The van der Waals surface area contributed by atoms with Gasteiger partial charge in [0.05, 0.1) is 19.0 Å². The van der Waals surface area contributed by atoms with Gasteiger partial charge in [-0.3, -0.25) is 9.69 Å². The van der Waals surface area contributed by atoms with Gasteiger partial charge in [-0.15, -0.1) is 0 Å². The van der Waals surface area contributed by atoms with Crippen LogP contribution < -0.4 is 5.32 Å². The van der Waals surface area contributed by atoms with Gasteiger partial charge in [0.1, 0.15) is 5.58 Å². The van der Waals surface area contributed by atoms with Crippen LogP contribution in [0.15, 0.2) is 52.9 Å². The molecule has 3 aromatic rings. The number of nitrogens with one attached hydrogen (secondary N) is 1. The second-order valence-electron chi connectivity index (χ2n) is 7.83. The summed E-state index contributed by atoms with van der Waals surface area (Å²) in [6, 6.07) is 14.8. The molecule has 1 N–H and O–H groups in total. The van der Waals surface area contributed by atoms with Gasteiger partial charge < -0.3 is 14.5 Å². The summed E-state index contributed by atoms with van der Waals surface area (Å²) in [5.41, 5.74) is 2.69. The summed E-state index contributed by atoms with van der Waals surface area (Å²) in [5, 5.41) is 3.46. The van der Waals surface area contributed by atoms with Gasteiger partial charge in [0.2, 0.25) is 0 Å². The Morgan fingerprint density at radius 1 is 1.06 bits per heavy atom. The molecule has 1 aromatic heterocycles. The van der Waals surface area contributed by atoms with Gasteiger partial charge in [-0.2, -0.15) is 0 Å². The quantitative estimate of drug-likeness (QED) is 0.605. The average Bonchev–Trinajstić information content (AvgIpc) is 3.11. The average molecular weight is 443 g/mol. The van der Waals surface area contributed by atoms with Crippen molar-refractivity contribution in [2.75, 3.05) is 44.4 Å². The lowest BCUT2D eigenvalue weighted by Gasteiger charge is -2.26. The number of ether oxygens (including phenoxy) is 1. The first kappa shape index (κ1) is 21.5. The number of furan rings is 1. The Morgan fingerprint density at radius 3 is 2.48 bits per heavy atom. The Balaban J connectivity index is 1.46. The molecule has 1 amide bonds. The van der Waals surface area contributed by atoms with E-state index in [4.69, 9.17) is 9.15 Å². The molecular weight excluding hydrogens is 416 g/mol. The number of hydrogen-bond acceptors (Lipinski definition) is 6. The Bertz CT molecular complexity index is 1160. The maximum atomic E-state index is 12.9. The number of hydrogen-bond donors (Lipinski definition) is 1. The summed E-state index contributed by atoms with van der Waals surface area (Å²) in [6.07, 6.45) is 2.07. The molecule has 4 rings (SSSR count). The van der Waals surface area contributed by atoms with Crippen molar-refractivity contribution in [2.45, 2.75) is 12.2 Å². The van der Waals surface area contributed by atoms with Gasteiger partial charge in [-0.1, -0.05) is 30.3 Å². The van der Waals surface area contributed by atoms with Crippen LogP contribution in [0.4, 0.5) is 5.69 Å². The second kappa shape index (κ2) is 9.21. The number of para-hydroxylation sites is 1. The van der Waals surface area contributed by atoms with Crippen molar-refractivity contribution in [1.29, 1.82) is 0 Å². The van der Waals surface area contributed by atoms with Crippen LogP contribution in [0.25, 0.3) is 11.0 Å². The summed E-state index contributed by atoms with van der Waals surface area (Å²) < 4.78 is 34.9. The van der Waals surface area contributed by atoms with Crippen molar-refractivity contribution in [1.82, 2.24) is 4.90 Å². The van der Waals surface area contributed by atoms with Crippen LogP contribution in [0.3, 0.4) is 0 Å². The van der Waals surface area contributed by atoms with Gasteiger partial charge in [-0.05, 0) is 30.2 Å². The van der Waals surface area contributed by atoms with Crippen molar-refractivity contribution in [3.63, 3.8) is 0 Å². The monoisotopic (exact) mass is 442 g/mol. The highest BCUT2D eigenvalue weighted by atomic mass is 32.2. The number of fused-ring (bicyclic) bond motifs is 1. The van der Waals surface area contributed by atoms with Crippen LogP contribution in [0.1, 0.15) is 21.7 Å². The molecule has 164 valence electrons. The van der Waals surface area contributed by atoms with E-state index in [0.717, 1.165) is 45.5 Å². The van der Waals surface area contributed by atoms with Crippen molar-refractivity contribution in [2.24, 2.45) is 0 Å². The third-order valence-corrected chi connectivity index (χ3v) is 6.16. The normalized spacial score (nSPS) is 15.3. The molecule has 0 atom stereocenters. The number of nitrogens with zero attached hydrogens (tertiary/aromatic N) is 1. The highest BCUT2D eigenvalue weighted by Gasteiger charge is 2.23. The number of morpholine rings is 1. The first-order chi connectivity index (χ1) is 14.9. The Labute approximate surface area is 181 Å². The number of benzene rings is 2. The second-order valence-corrected chi connectivity index (χ2v) is 9.97. The Morgan fingerprint density at radius 2 is 1.77 bits per heavy atom. The molecule has 0 saturated carbocycles. The van der Waals surface area contributed by atoms with Gasteiger partial charge >= 0.3 is 0 Å². The number of sulfone groups is 1. The zero-order valence-corrected chi connectivity index (χ0v) is 18.3. The molecule has 2 aromatic carbocycles. The summed E-state index contributed by atoms with van der Waals surface area (Å²) in [7, 11) is -3.34. The van der Waals surface area contributed by atoms with E-state index in [9.17, 15) is 13.2 Å². The fourth-order valence-electron chi connectivity index (χ4n) is 3.74. The number of anilines is 1. The molecule has 1 saturated heterocycles. The first-order valence-corrected chi connectivity index (χ1v) is 12.3. The number of carbonyl (C=O) groups excluding carboxylic acids is 1. The van der Waals surface area contributed by atoms with E-state index < -0.39 is 15.7 Å². The predicted octanol–water partition coefficient (Wildman–Crippen LogP) is 3.10. The molecule has 0 bridgehead atoms. The molecular formula is C23H26N2O5S. The Hall–Kier alpha value is -2.68. The van der Waals surface area contributed by atoms with E-state index in [2.05, 4.69) is 10.2 Å². The van der Waals surface area contributed by atoms with Crippen molar-refractivity contribution >= 4 is 32.4 Å². The zero-order valence-electron chi connectivity index (χ0n) is 17.5. The molecule has 31 heavy (non-hydrogen) atoms. The van der Waals surface area contributed by atoms with Crippen LogP contribution in [-0.4, -0.2) is 58.3 Å². The molecule has 0 aliphatic carbocycles. The molecule has 1 fully saturated rings. The topological polar surface area (TPSA) is 88.9 Å². The van der Waals surface area contributed by atoms with Crippen LogP contribution in [0.5, 0.6) is 0 Å². The largest absolute Gasteiger partial charge is 0.451 e. The maximum Gasteiger partial charge on any atom is 0.291 e. The third-order valence-electron chi connectivity index (χ3n) is 5.34. The summed E-state index contributed by atoms with van der Waals surface area (Å²) >= 11 is 0. The van der Waals surface area contributed by atoms with E-state index in [1.54, 1.807) is 24.3 Å². The lowest BCUT2D eigenvalue weighted by molar-refractivity contribution is 0.0384. The van der Waals surface area contributed by atoms with E-state index in [-0.39, 0.29) is 11.5 Å². The van der Waals surface area contributed by atoms with Crippen molar-refractivity contribution < 1.29 is 22.4 Å². The van der Waals surface area contributed by atoms with Crippen LogP contribution in [-0.2, 0) is 26.7 Å². The lowest BCUT2D eigenvalue weighted by atomic mass is 10.1. The van der Waals surface area contributed by atoms with E-state index >= 15 is 0 Å². The van der Waals surface area contributed by atoms with Gasteiger partial charge in [0.15, 0.2) is 15.6 Å². The predicted molar refractivity (Wildman–Crippen MR) is 120 cm³/mol. The SMILES string of the molecule is CS(=O)(=O)Cc1c(C(=O)Nc2ccc(CCN3CCOCC3)cc2)oc2ccccc12. The highest BCUT2D eigenvalue weighted by molar-refractivity contribution is 7.89. The molecule has 0 radical (unpaired) electrons. The summed E-state index contributed by atoms with van der Waals surface area (Å²) in [6.45, 7) is 4.47. The smallest absolute Gasteiger partial charge is 0.291 e. The molecule has 1 aliphatic heterocycles. The minimum atomic E-state index is -3.34. The lowest BCUT2D eigenvalue weighted by Crippen LogP contribution is -2.37. The highest BCUT2D eigenvalue weighted by Crippen LogP contribution is 2.28. The van der Waals surface area contributed by atoms with Crippen LogP contribution >= 0.6 is 0 Å². The molecule has 2 heterocycles. The summed E-state index contributed by atoms with van der Waals surface area (Å²) in [5.74, 6) is -0.688. The fraction of sp³-hybridized carbons (Fsp3) is 0.348. The standard InChI is InChI=1S/C23H26N2O5S/c1-31(27,28)16-20-19-4-2-3-5-21(19)30-22(20)23(26)24-18-8-6-17(7-9-18)10-11-25-12-14-29-15-13-25/h2-9H,10-16H2,1H3,(H,24,26). The van der Waals surface area contributed by atoms with Crippen molar-refractivity contribution in [3.8, 4) is 0 Å². The molecule has 8 heteroatoms. The molecule has 7 nitrogen and oxygen atoms in total. The summed E-state index contributed by atoms with van der Waals surface area (Å²) in [4.78, 5) is 15.3. The minimum absolute atomic E-state index is 0.0306. The third kappa shape index (κ3) is 5.52. The van der Waals surface area contributed by atoms with Gasteiger partial charge in [0.25, 0.3) is 5.91 Å². The molecule has 0 unspecified atom stereocenters. The fourth-order valence-corrected chi connectivity index (χ4v) is 4.55. The number of rotatable bonds is 7. The maximum absolute atomic E-state index is 12.9. The van der Waals surface area contributed by atoms with Gasteiger partial charge in [-0.25, -0.2) is 8.42 Å². The van der Waals surface area contributed by atoms with Crippen LogP contribution in [0, 0.1) is 0 Å². The Kier molecular flexibility index (Phi) is 6.41. The van der Waals surface area contributed by atoms with Crippen molar-refractivity contribution in [3.05, 3.63) is 65.4 Å². The number of amides is 1. The zero-order chi connectivity index (χ0) is 21.8. The van der Waals surface area contributed by atoms with Crippen LogP contribution in [0.2, 0.25) is 0 Å². The van der Waals surface area contributed by atoms with Gasteiger partial charge in [0, 0.05) is 42.5 Å². The van der Waals surface area contributed by atoms with E-state index in [1.807, 2.05) is 24.3 Å². The van der Waals surface area contributed by atoms with E-state index in [1.165, 1.54) is 5.56 Å². The first-order valence-electron chi connectivity index (χ1n) is 10.3. The van der Waals surface area contributed by atoms with E-state index in [0.29, 0.717) is 22.2 Å². The molecule has 1 aliphatic rings.